The van der Waals surface area contributed by atoms with Crippen molar-refractivity contribution in [2.75, 3.05) is 26.4 Å². The number of carbonyl (C=O) groups excluding carboxylic acids is 2. The maximum absolute atomic E-state index is 12.5. The molecule has 11 heteroatoms. The summed E-state index contributed by atoms with van der Waals surface area (Å²) in [5, 5.41) is 18.2. The first kappa shape index (κ1) is 44.7. The lowest BCUT2D eigenvalue weighted by Gasteiger charge is -2.20. The number of rotatable bonds is 34. The maximum atomic E-state index is 12.5. The Hall–Kier alpha value is -1.29. The molecule has 1 unspecified atom stereocenters. The lowest BCUT2D eigenvalue weighted by Crippen LogP contribution is -2.29. The molecule has 0 aromatic heterocycles. The lowest BCUT2D eigenvalue weighted by atomic mass is 10.1. The van der Waals surface area contributed by atoms with Gasteiger partial charge >= 0.3 is 19.8 Å². The fourth-order valence-corrected chi connectivity index (χ4v) is 5.62. The van der Waals surface area contributed by atoms with E-state index in [1.807, 2.05) is 6.08 Å². The van der Waals surface area contributed by atoms with Crippen molar-refractivity contribution in [3.8, 4) is 0 Å². The Morgan fingerprint density at radius 2 is 1.11 bits per heavy atom. The molecule has 0 aliphatic heterocycles. The van der Waals surface area contributed by atoms with Gasteiger partial charge in [0.2, 0.25) is 0 Å². The summed E-state index contributed by atoms with van der Waals surface area (Å²) in [5.41, 5.74) is 0. The fourth-order valence-electron chi connectivity index (χ4n) is 4.83. The quantitative estimate of drug-likeness (QED) is 0.0262. The van der Waals surface area contributed by atoms with Crippen molar-refractivity contribution >= 4 is 19.8 Å². The van der Waals surface area contributed by atoms with E-state index < -0.39 is 51.8 Å². The number of unbranched alkanes of at least 4 members (excludes halogenated alkanes) is 18. The summed E-state index contributed by atoms with van der Waals surface area (Å²) in [6.45, 7) is 2.29. The van der Waals surface area contributed by atoms with Crippen LogP contribution in [-0.2, 0) is 32.7 Å². The minimum atomic E-state index is -4.61. The monoisotopic (exact) mass is 678 g/mol. The van der Waals surface area contributed by atoms with Crippen LogP contribution in [0.1, 0.15) is 162 Å². The number of ether oxygens (including phenoxy) is 2. The summed E-state index contributed by atoms with van der Waals surface area (Å²) in [7, 11) is -4.61. The van der Waals surface area contributed by atoms with Crippen molar-refractivity contribution in [3.05, 3.63) is 12.2 Å². The molecule has 0 amide bonds. The van der Waals surface area contributed by atoms with Crippen LogP contribution in [0.2, 0.25) is 0 Å². The van der Waals surface area contributed by atoms with Gasteiger partial charge < -0.3 is 24.6 Å². The van der Waals surface area contributed by atoms with Gasteiger partial charge in [0.05, 0.1) is 19.8 Å². The molecule has 3 N–H and O–H groups in total. The first-order valence-electron chi connectivity index (χ1n) is 18.1. The molecular formula is C35H67O10P. The zero-order valence-electron chi connectivity index (χ0n) is 29.0. The molecule has 0 saturated heterocycles. The third-order valence-corrected chi connectivity index (χ3v) is 8.63. The van der Waals surface area contributed by atoms with Gasteiger partial charge in [-0.1, -0.05) is 135 Å². The molecule has 3 atom stereocenters. The maximum Gasteiger partial charge on any atom is 0.472 e. The number of phosphoric ester groups is 1. The molecule has 0 rings (SSSR count). The van der Waals surface area contributed by atoms with E-state index in [0.29, 0.717) is 12.8 Å². The number of aliphatic hydroxyl groups is 2. The van der Waals surface area contributed by atoms with E-state index >= 15 is 0 Å². The zero-order valence-corrected chi connectivity index (χ0v) is 29.9. The predicted octanol–water partition coefficient (Wildman–Crippen LogP) is 8.50. The van der Waals surface area contributed by atoms with Gasteiger partial charge in [0.15, 0.2) is 6.10 Å². The van der Waals surface area contributed by atoms with E-state index in [1.165, 1.54) is 89.9 Å². The minimum absolute atomic E-state index is 0.105. The summed E-state index contributed by atoms with van der Waals surface area (Å²) in [4.78, 5) is 34.6. The van der Waals surface area contributed by atoms with Crippen LogP contribution in [0.25, 0.3) is 0 Å². The highest BCUT2D eigenvalue weighted by Gasteiger charge is 2.27. The second-order valence-electron chi connectivity index (χ2n) is 12.3. The van der Waals surface area contributed by atoms with Gasteiger partial charge in [-0.15, -0.1) is 0 Å². The Balaban J connectivity index is 4.40. The summed E-state index contributed by atoms with van der Waals surface area (Å²) in [6.07, 6.45) is 26.4. The van der Waals surface area contributed by atoms with Crippen LogP contribution in [0, 0.1) is 0 Å². The van der Waals surface area contributed by atoms with Crippen molar-refractivity contribution in [2.24, 2.45) is 0 Å². The Kier molecular flexibility index (Phi) is 31.4. The lowest BCUT2D eigenvalue weighted by molar-refractivity contribution is -0.161. The Morgan fingerprint density at radius 1 is 0.630 bits per heavy atom. The van der Waals surface area contributed by atoms with Crippen molar-refractivity contribution in [1.82, 2.24) is 0 Å². The number of allylic oxidation sites excluding steroid dienone is 2. The predicted molar refractivity (Wildman–Crippen MR) is 182 cm³/mol. The molecule has 0 heterocycles. The average molecular weight is 679 g/mol. The summed E-state index contributed by atoms with van der Waals surface area (Å²) < 4.78 is 32.4. The van der Waals surface area contributed by atoms with Gasteiger partial charge in [-0.3, -0.25) is 18.6 Å². The van der Waals surface area contributed by atoms with Gasteiger partial charge in [-0.05, 0) is 25.7 Å². The van der Waals surface area contributed by atoms with E-state index in [4.69, 9.17) is 19.1 Å². The van der Waals surface area contributed by atoms with Gasteiger partial charge in [-0.25, -0.2) is 4.57 Å². The SMILES string of the molecule is CCCCCCCCCCCCC/C=C/CCC(=O)O[C@H](COC(=O)CCCCCCCCCC)COP(=O)(O)OC[C@@H](O)CO. The van der Waals surface area contributed by atoms with Crippen LogP contribution in [0.4, 0.5) is 0 Å². The van der Waals surface area contributed by atoms with Crippen molar-refractivity contribution in [2.45, 2.75) is 174 Å². The molecule has 0 aromatic rings. The number of hydrogen-bond donors (Lipinski definition) is 3. The molecule has 0 aliphatic rings. The van der Waals surface area contributed by atoms with Gasteiger partial charge in [0, 0.05) is 12.8 Å². The van der Waals surface area contributed by atoms with Crippen molar-refractivity contribution in [3.63, 3.8) is 0 Å². The van der Waals surface area contributed by atoms with E-state index in [9.17, 15) is 24.2 Å². The van der Waals surface area contributed by atoms with E-state index in [0.717, 1.165) is 32.1 Å². The highest BCUT2D eigenvalue weighted by Crippen LogP contribution is 2.43. The van der Waals surface area contributed by atoms with Crippen LogP contribution < -0.4 is 0 Å². The Labute approximate surface area is 279 Å². The van der Waals surface area contributed by atoms with Crippen LogP contribution >= 0.6 is 7.82 Å². The smallest absolute Gasteiger partial charge is 0.462 e. The number of phosphoric acid groups is 1. The van der Waals surface area contributed by atoms with Crippen LogP contribution in [0.5, 0.6) is 0 Å². The molecule has 0 aliphatic carbocycles. The van der Waals surface area contributed by atoms with Crippen LogP contribution in [0.15, 0.2) is 12.2 Å². The average Bonchev–Trinajstić information content (AvgIpc) is 3.04. The van der Waals surface area contributed by atoms with E-state index in [2.05, 4.69) is 24.4 Å². The molecule has 0 radical (unpaired) electrons. The number of esters is 2. The van der Waals surface area contributed by atoms with Gasteiger partial charge in [-0.2, -0.15) is 0 Å². The molecule has 46 heavy (non-hydrogen) atoms. The van der Waals surface area contributed by atoms with Gasteiger partial charge in [0.1, 0.15) is 12.7 Å². The van der Waals surface area contributed by atoms with Crippen molar-refractivity contribution < 1.29 is 47.8 Å². The van der Waals surface area contributed by atoms with Crippen LogP contribution in [-0.4, -0.2) is 65.7 Å². The normalized spacial score (nSPS) is 14.3. The van der Waals surface area contributed by atoms with Crippen molar-refractivity contribution in [1.29, 1.82) is 0 Å². The summed E-state index contributed by atoms with van der Waals surface area (Å²) in [6, 6.07) is 0. The second-order valence-corrected chi connectivity index (χ2v) is 13.7. The van der Waals surface area contributed by atoms with Gasteiger partial charge in [0.25, 0.3) is 0 Å². The third-order valence-electron chi connectivity index (χ3n) is 7.68. The fraction of sp³-hybridized carbons (Fsp3) is 0.886. The van der Waals surface area contributed by atoms with Crippen LogP contribution in [0.3, 0.4) is 0 Å². The first-order valence-corrected chi connectivity index (χ1v) is 19.6. The first-order chi connectivity index (χ1) is 22.2. The molecular weight excluding hydrogens is 611 g/mol. The molecule has 0 saturated carbocycles. The molecule has 0 spiro atoms. The molecule has 0 aromatic carbocycles. The zero-order chi connectivity index (χ0) is 34.1. The molecule has 0 bridgehead atoms. The number of hydrogen-bond acceptors (Lipinski definition) is 9. The Morgan fingerprint density at radius 3 is 1.65 bits per heavy atom. The Bertz CT molecular complexity index is 791. The molecule has 10 nitrogen and oxygen atoms in total. The van der Waals surface area contributed by atoms with E-state index in [-0.39, 0.29) is 19.4 Å². The van der Waals surface area contributed by atoms with E-state index in [1.54, 1.807) is 0 Å². The summed E-state index contributed by atoms with van der Waals surface area (Å²) >= 11 is 0. The highest BCUT2D eigenvalue weighted by atomic mass is 31.2. The largest absolute Gasteiger partial charge is 0.472 e. The topological polar surface area (TPSA) is 149 Å². The minimum Gasteiger partial charge on any atom is -0.462 e. The third kappa shape index (κ3) is 31.3. The molecule has 272 valence electrons. The number of carbonyl (C=O) groups is 2. The number of aliphatic hydroxyl groups excluding tert-OH is 2. The summed E-state index contributed by atoms with van der Waals surface area (Å²) in [5.74, 6) is -0.983. The standard InChI is InChI=1S/C35H67O10P/c1-3-5-7-9-11-13-14-15-16-17-18-19-21-23-25-27-35(39)45-33(31-44-46(40,41)43-29-32(37)28-36)30-42-34(38)26-24-22-20-12-10-8-6-4-2/h21,23,32-33,36-37H,3-20,22,24-31H2,1-2H3,(H,40,41)/b23-21+/t32-,33+/m0/s1. The highest BCUT2D eigenvalue weighted by molar-refractivity contribution is 7.47. The molecule has 0 fully saturated rings. The second kappa shape index (κ2) is 32.3.